The first-order chi connectivity index (χ1) is 7.54. The second-order valence-electron chi connectivity index (χ2n) is 2.67. The summed E-state index contributed by atoms with van der Waals surface area (Å²) >= 11 is 8.01. The quantitative estimate of drug-likeness (QED) is 0.495. The number of primary amides is 1. The number of hydrazone groups is 1. The number of nitrogens with zero attached hydrogens (tertiary/aromatic N) is 2. The second-order valence-corrected chi connectivity index (χ2v) is 4.33. The molecule has 0 aliphatic carbocycles. The van der Waals surface area contributed by atoms with Gasteiger partial charge in [0.15, 0.2) is 0 Å². The molecule has 82 valence electrons. The summed E-state index contributed by atoms with van der Waals surface area (Å²) in [5.41, 5.74) is 7.50. The summed E-state index contributed by atoms with van der Waals surface area (Å²) in [6, 6.07) is 6.78. The van der Waals surface area contributed by atoms with Crippen LogP contribution in [0.1, 0.15) is 0 Å². The molecular weight excluding hydrogens is 342 g/mol. The number of halogens is 2. The third-order valence-corrected chi connectivity index (χ3v) is 2.54. The van der Waals surface area contributed by atoms with Crippen molar-refractivity contribution in [1.29, 1.82) is 5.26 Å². The molecule has 0 spiro atoms. The van der Waals surface area contributed by atoms with Crippen molar-refractivity contribution in [2.75, 3.05) is 5.43 Å². The molecule has 0 fully saturated rings. The van der Waals surface area contributed by atoms with Crippen LogP contribution in [0.15, 0.2) is 23.3 Å². The maximum absolute atomic E-state index is 10.7. The Balaban J connectivity index is 2.90. The molecule has 1 amide bonds. The molecule has 0 saturated heterocycles. The van der Waals surface area contributed by atoms with Crippen molar-refractivity contribution in [2.24, 2.45) is 10.8 Å². The van der Waals surface area contributed by atoms with Gasteiger partial charge in [-0.2, -0.15) is 10.4 Å². The lowest BCUT2D eigenvalue weighted by Crippen LogP contribution is -2.22. The van der Waals surface area contributed by atoms with E-state index in [2.05, 4.69) is 33.1 Å². The summed E-state index contributed by atoms with van der Waals surface area (Å²) < 4.78 is 0.965. The van der Waals surface area contributed by atoms with E-state index in [1.165, 1.54) is 0 Å². The number of rotatable bonds is 3. The van der Waals surface area contributed by atoms with Crippen molar-refractivity contribution in [3.63, 3.8) is 0 Å². The first-order valence-corrected chi connectivity index (χ1v) is 5.49. The number of carbonyl (C=O) groups excluding carboxylic acids is 1. The highest BCUT2D eigenvalue weighted by Gasteiger charge is 2.05. The van der Waals surface area contributed by atoms with E-state index in [1.54, 1.807) is 24.3 Å². The fourth-order valence-electron chi connectivity index (χ4n) is 0.831. The van der Waals surface area contributed by atoms with E-state index in [0.717, 1.165) is 3.57 Å². The molecule has 0 heterocycles. The van der Waals surface area contributed by atoms with Gasteiger partial charge < -0.3 is 5.73 Å². The van der Waals surface area contributed by atoms with Gasteiger partial charge in [0.25, 0.3) is 5.91 Å². The van der Waals surface area contributed by atoms with Crippen molar-refractivity contribution < 1.29 is 4.79 Å². The van der Waals surface area contributed by atoms with E-state index in [9.17, 15) is 4.79 Å². The third kappa shape index (κ3) is 3.36. The van der Waals surface area contributed by atoms with Gasteiger partial charge in [0.2, 0.25) is 5.71 Å². The predicted molar refractivity (Wildman–Crippen MR) is 70.0 cm³/mol. The van der Waals surface area contributed by atoms with E-state index in [-0.39, 0.29) is 0 Å². The molecular formula is C9H6ClIN4O. The average Bonchev–Trinajstić information content (AvgIpc) is 2.21. The van der Waals surface area contributed by atoms with Crippen LogP contribution in [0.2, 0.25) is 5.02 Å². The van der Waals surface area contributed by atoms with Gasteiger partial charge in [-0.25, -0.2) is 0 Å². The molecule has 0 atom stereocenters. The van der Waals surface area contributed by atoms with Crippen molar-refractivity contribution >= 4 is 51.5 Å². The van der Waals surface area contributed by atoms with E-state index >= 15 is 0 Å². The van der Waals surface area contributed by atoms with Gasteiger partial charge in [-0.05, 0) is 40.8 Å². The number of anilines is 1. The first kappa shape index (κ1) is 12.7. The molecule has 0 bridgehead atoms. The van der Waals surface area contributed by atoms with Crippen LogP contribution in [0.25, 0.3) is 0 Å². The lowest BCUT2D eigenvalue weighted by molar-refractivity contribution is -0.111. The van der Waals surface area contributed by atoms with Crippen LogP contribution in [0, 0.1) is 14.9 Å². The Hall–Kier alpha value is -1.33. The predicted octanol–water partition coefficient (Wildman–Crippen LogP) is 1.72. The molecule has 1 rings (SSSR count). The smallest absolute Gasteiger partial charge is 0.280 e. The van der Waals surface area contributed by atoms with Crippen LogP contribution < -0.4 is 11.2 Å². The second kappa shape index (κ2) is 5.67. The molecule has 0 aromatic heterocycles. The van der Waals surface area contributed by atoms with E-state index in [4.69, 9.17) is 22.6 Å². The monoisotopic (exact) mass is 348 g/mol. The number of benzene rings is 1. The lowest BCUT2D eigenvalue weighted by Gasteiger charge is -2.03. The van der Waals surface area contributed by atoms with Gasteiger partial charge in [0, 0.05) is 3.57 Å². The highest BCUT2D eigenvalue weighted by atomic mass is 127. The highest BCUT2D eigenvalue weighted by Crippen LogP contribution is 2.23. The van der Waals surface area contributed by atoms with Crippen LogP contribution in [0.3, 0.4) is 0 Å². The van der Waals surface area contributed by atoms with Crippen LogP contribution >= 0.6 is 34.2 Å². The number of nitriles is 1. The van der Waals surface area contributed by atoms with Gasteiger partial charge in [0.05, 0.1) is 10.7 Å². The third-order valence-electron chi connectivity index (χ3n) is 1.56. The van der Waals surface area contributed by atoms with Crippen LogP contribution in [0.4, 0.5) is 5.69 Å². The largest absolute Gasteiger partial charge is 0.364 e. The molecule has 5 nitrogen and oxygen atoms in total. The Morgan fingerprint density at radius 1 is 1.62 bits per heavy atom. The van der Waals surface area contributed by atoms with Crippen molar-refractivity contribution in [3.8, 4) is 6.07 Å². The maximum atomic E-state index is 10.7. The molecule has 1 aromatic carbocycles. The number of carbonyl (C=O) groups is 1. The topological polar surface area (TPSA) is 91.3 Å². The molecule has 0 radical (unpaired) electrons. The number of nitrogens with one attached hydrogen (secondary N) is 1. The van der Waals surface area contributed by atoms with Crippen molar-refractivity contribution in [2.45, 2.75) is 0 Å². The zero-order valence-electron chi connectivity index (χ0n) is 7.87. The van der Waals surface area contributed by atoms with Gasteiger partial charge in [-0.15, -0.1) is 0 Å². The zero-order chi connectivity index (χ0) is 12.1. The number of amides is 1. The molecule has 7 heteroatoms. The van der Waals surface area contributed by atoms with Gasteiger partial charge >= 0.3 is 0 Å². The first-order valence-electron chi connectivity index (χ1n) is 4.03. The molecule has 16 heavy (non-hydrogen) atoms. The van der Waals surface area contributed by atoms with E-state index in [0.29, 0.717) is 10.7 Å². The summed E-state index contributed by atoms with van der Waals surface area (Å²) in [5.74, 6) is -0.892. The summed E-state index contributed by atoms with van der Waals surface area (Å²) in [6.45, 7) is 0. The summed E-state index contributed by atoms with van der Waals surface area (Å²) in [6.07, 6.45) is 0. The van der Waals surface area contributed by atoms with Crippen molar-refractivity contribution in [1.82, 2.24) is 0 Å². The average molecular weight is 349 g/mol. The molecule has 0 saturated carbocycles. The maximum Gasteiger partial charge on any atom is 0.280 e. The normalized spacial score (nSPS) is 10.7. The van der Waals surface area contributed by atoms with E-state index < -0.39 is 11.6 Å². The molecule has 1 aromatic rings. The fraction of sp³-hybridized carbons (Fsp3) is 0. The molecule has 0 aliphatic rings. The summed E-state index contributed by atoms with van der Waals surface area (Å²) in [7, 11) is 0. The Bertz CT molecular complexity index is 495. The summed E-state index contributed by atoms with van der Waals surface area (Å²) in [5, 5.41) is 12.5. The molecule has 0 aliphatic heterocycles. The Morgan fingerprint density at radius 3 is 2.81 bits per heavy atom. The minimum atomic E-state index is -0.892. The Kier molecular flexibility index (Phi) is 4.52. The summed E-state index contributed by atoms with van der Waals surface area (Å²) in [4.78, 5) is 10.7. The number of nitrogens with two attached hydrogens (primary N) is 1. The number of hydrogen-bond donors (Lipinski definition) is 2. The minimum Gasteiger partial charge on any atom is -0.364 e. The molecule has 3 N–H and O–H groups in total. The zero-order valence-corrected chi connectivity index (χ0v) is 10.8. The van der Waals surface area contributed by atoms with E-state index in [1.807, 2.05) is 0 Å². The van der Waals surface area contributed by atoms with Crippen LogP contribution in [0.5, 0.6) is 0 Å². The Morgan fingerprint density at radius 2 is 2.31 bits per heavy atom. The standard InChI is InChI=1S/C9H6ClIN4O/c10-6-3-5(11)1-2-7(6)14-15-8(4-12)9(13)16/h1-3,14H,(H2,13,16)/b15-8-. The SMILES string of the molecule is N#C/C(=N/Nc1ccc(I)cc1Cl)C(N)=O. The molecule has 0 unspecified atom stereocenters. The highest BCUT2D eigenvalue weighted by molar-refractivity contribution is 14.1. The Labute approximate surface area is 110 Å². The van der Waals surface area contributed by atoms with Crippen molar-refractivity contribution in [3.05, 3.63) is 26.8 Å². The van der Waals surface area contributed by atoms with Crippen LogP contribution in [-0.2, 0) is 4.79 Å². The lowest BCUT2D eigenvalue weighted by atomic mass is 10.3. The van der Waals surface area contributed by atoms with Gasteiger partial charge in [-0.3, -0.25) is 10.2 Å². The van der Waals surface area contributed by atoms with Gasteiger partial charge in [-0.1, -0.05) is 11.6 Å². The fourth-order valence-corrected chi connectivity index (χ4v) is 1.73. The number of hydrogen-bond acceptors (Lipinski definition) is 4. The minimum absolute atomic E-state index is 0.408. The van der Waals surface area contributed by atoms with Gasteiger partial charge in [0.1, 0.15) is 6.07 Å². The van der Waals surface area contributed by atoms with Crippen LogP contribution in [-0.4, -0.2) is 11.6 Å².